The summed E-state index contributed by atoms with van der Waals surface area (Å²) >= 11 is 12.0. The zero-order chi connectivity index (χ0) is 12.8. The highest BCUT2D eigenvalue weighted by atomic mass is 35.5. The molecule has 0 aromatic heterocycles. The lowest BCUT2D eigenvalue weighted by molar-refractivity contribution is 0.320. The molecule has 1 unspecified atom stereocenters. The van der Waals surface area contributed by atoms with E-state index in [0.717, 1.165) is 17.5 Å². The number of nitrogens with zero attached hydrogens (tertiary/aromatic N) is 1. The highest BCUT2D eigenvalue weighted by Crippen LogP contribution is 2.24. The topological polar surface area (TPSA) is 3.24 Å². The van der Waals surface area contributed by atoms with Crippen LogP contribution in [0.3, 0.4) is 0 Å². The van der Waals surface area contributed by atoms with E-state index in [-0.39, 0.29) is 0 Å². The Balaban J connectivity index is 0.000000686. The van der Waals surface area contributed by atoms with Gasteiger partial charge in [0.2, 0.25) is 0 Å². The normalized spacial score (nSPS) is 19.9. The molecule has 1 aliphatic heterocycles. The van der Waals surface area contributed by atoms with Gasteiger partial charge in [-0.25, -0.2) is 0 Å². The molecule has 0 aliphatic carbocycles. The van der Waals surface area contributed by atoms with Gasteiger partial charge < -0.3 is 0 Å². The molecular weight excluding hydrogens is 253 g/mol. The van der Waals surface area contributed by atoms with Gasteiger partial charge in [-0.05, 0) is 36.6 Å². The van der Waals surface area contributed by atoms with Crippen molar-refractivity contribution < 1.29 is 0 Å². The predicted octanol–water partition coefficient (Wildman–Crippen LogP) is 4.86. The summed E-state index contributed by atoms with van der Waals surface area (Å²) in [6, 6.07) is 5.74. The standard InChI is InChI=1S/C12H15Cl2N.C2H6/c1-9-4-5-15(7-9)8-10-2-3-11(13)6-12(10)14;1-2/h2-3,6,9H,4-5,7-8H2,1H3;1-2H3. The van der Waals surface area contributed by atoms with Crippen molar-refractivity contribution in [1.29, 1.82) is 0 Å². The van der Waals surface area contributed by atoms with Crippen molar-refractivity contribution in [3.8, 4) is 0 Å². The van der Waals surface area contributed by atoms with Crippen LogP contribution in [0.25, 0.3) is 0 Å². The lowest BCUT2D eigenvalue weighted by Gasteiger charge is -2.16. The molecule has 1 saturated heterocycles. The third-order valence-electron chi connectivity index (χ3n) is 2.92. The molecular formula is C14H21Cl2N. The van der Waals surface area contributed by atoms with Gasteiger partial charge in [0, 0.05) is 23.1 Å². The van der Waals surface area contributed by atoms with Gasteiger partial charge in [0.15, 0.2) is 0 Å². The molecule has 1 aliphatic rings. The van der Waals surface area contributed by atoms with Crippen LogP contribution < -0.4 is 0 Å². The van der Waals surface area contributed by atoms with E-state index >= 15 is 0 Å². The largest absolute Gasteiger partial charge is 0.299 e. The fourth-order valence-corrected chi connectivity index (χ4v) is 2.53. The first-order chi connectivity index (χ1) is 8.15. The van der Waals surface area contributed by atoms with Crippen LogP contribution >= 0.6 is 23.2 Å². The van der Waals surface area contributed by atoms with E-state index in [1.165, 1.54) is 25.1 Å². The van der Waals surface area contributed by atoms with Crippen LogP contribution in [-0.2, 0) is 6.54 Å². The molecule has 1 fully saturated rings. The minimum absolute atomic E-state index is 0.707. The summed E-state index contributed by atoms with van der Waals surface area (Å²) in [5.74, 6) is 0.816. The summed E-state index contributed by atoms with van der Waals surface area (Å²) in [6.45, 7) is 9.60. The van der Waals surface area contributed by atoms with Crippen molar-refractivity contribution in [1.82, 2.24) is 4.90 Å². The molecule has 0 N–H and O–H groups in total. The van der Waals surface area contributed by atoms with E-state index in [4.69, 9.17) is 23.2 Å². The van der Waals surface area contributed by atoms with E-state index < -0.39 is 0 Å². The van der Waals surface area contributed by atoms with E-state index in [9.17, 15) is 0 Å². The van der Waals surface area contributed by atoms with Crippen LogP contribution in [0.4, 0.5) is 0 Å². The monoisotopic (exact) mass is 273 g/mol. The molecule has 2 rings (SSSR count). The molecule has 0 amide bonds. The second kappa shape index (κ2) is 7.25. The van der Waals surface area contributed by atoms with Crippen molar-refractivity contribution in [2.75, 3.05) is 13.1 Å². The Morgan fingerprint density at radius 3 is 2.53 bits per heavy atom. The molecule has 0 radical (unpaired) electrons. The molecule has 0 saturated carbocycles. The second-order valence-electron chi connectivity index (χ2n) is 4.36. The summed E-state index contributed by atoms with van der Waals surface area (Å²) in [4.78, 5) is 2.44. The lowest BCUT2D eigenvalue weighted by atomic mass is 10.2. The van der Waals surface area contributed by atoms with Gasteiger partial charge >= 0.3 is 0 Å². The van der Waals surface area contributed by atoms with E-state index in [1.807, 2.05) is 32.0 Å². The Morgan fingerprint density at radius 2 is 2.00 bits per heavy atom. The van der Waals surface area contributed by atoms with E-state index in [0.29, 0.717) is 5.02 Å². The molecule has 1 aromatic rings. The van der Waals surface area contributed by atoms with Gasteiger partial charge in [0.1, 0.15) is 0 Å². The summed E-state index contributed by atoms with van der Waals surface area (Å²) in [6.07, 6.45) is 1.30. The van der Waals surface area contributed by atoms with Crippen LogP contribution in [0, 0.1) is 5.92 Å². The van der Waals surface area contributed by atoms with Crippen LogP contribution in [0.5, 0.6) is 0 Å². The maximum absolute atomic E-state index is 6.13. The maximum Gasteiger partial charge on any atom is 0.0465 e. The van der Waals surface area contributed by atoms with Crippen LogP contribution in [-0.4, -0.2) is 18.0 Å². The SMILES string of the molecule is CC.CC1CCN(Cc2ccc(Cl)cc2Cl)C1. The average molecular weight is 274 g/mol. The van der Waals surface area contributed by atoms with Crippen LogP contribution in [0.1, 0.15) is 32.8 Å². The van der Waals surface area contributed by atoms with Crippen LogP contribution in [0.15, 0.2) is 18.2 Å². The first-order valence-electron chi connectivity index (χ1n) is 6.31. The Hall–Kier alpha value is -0.240. The van der Waals surface area contributed by atoms with Gasteiger partial charge in [0.25, 0.3) is 0 Å². The Kier molecular flexibility index (Phi) is 6.32. The summed E-state index contributed by atoms with van der Waals surface area (Å²) in [5, 5.41) is 1.49. The highest BCUT2D eigenvalue weighted by Gasteiger charge is 2.19. The smallest absolute Gasteiger partial charge is 0.0465 e. The predicted molar refractivity (Wildman–Crippen MR) is 76.9 cm³/mol. The maximum atomic E-state index is 6.13. The fraction of sp³-hybridized carbons (Fsp3) is 0.571. The Labute approximate surface area is 115 Å². The molecule has 1 aromatic carbocycles. The first-order valence-corrected chi connectivity index (χ1v) is 7.07. The van der Waals surface area contributed by atoms with Gasteiger partial charge in [-0.2, -0.15) is 0 Å². The van der Waals surface area contributed by atoms with E-state index in [2.05, 4.69) is 11.8 Å². The molecule has 1 atom stereocenters. The molecule has 1 heterocycles. The number of benzene rings is 1. The number of rotatable bonds is 2. The van der Waals surface area contributed by atoms with Gasteiger partial charge in [-0.15, -0.1) is 0 Å². The zero-order valence-electron chi connectivity index (χ0n) is 10.8. The number of hydrogen-bond acceptors (Lipinski definition) is 1. The second-order valence-corrected chi connectivity index (χ2v) is 5.21. The molecule has 1 nitrogen and oxygen atoms in total. The van der Waals surface area contributed by atoms with Gasteiger partial charge in [-0.1, -0.05) is 50.0 Å². The first kappa shape index (κ1) is 14.8. The molecule has 17 heavy (non-hydrogen) atoms. The van der Waals surface area contributed by atoms with Crippen molar-refractivity contribution in [2.24, 2.45) is 5.92 Å². The number of likely N-dealkylation sites (tertiary alicyclic amines) is 1. The summed E-state index contributed by atoms with van der Waals surface area (Å²) in [5.41, 5.74) is 1.18. The van der Waals surface area contributed by atoms with Gasteiger partial charge in [-0.3, -0.25) is 4.90 Å². The minimum atomic E-state index is 0.707. The van der Waals surface area contributed by atoms with Crippen LogP contribution in [0.2, 0.25) is 10.0 Å². The van der Waals surface area contributed by atoms with Crippen molar-refractivity contribution in [3.05, 3.63) is 33.8 Å². The Bertz CT molecular complexity index is 352. The molecule has 0 spiro atoms. The third-order valence-corrected chi connectivity index (χ3v) is 3.50. The third kappa shape index (κ3) is 4.50. The quantitative estimate of drug-likeness (QED) is 0.744. The highest BCUT2D eigenvalue weighted by molar-refractivity contribution is 6.35. The fourth-order valence-electron chi connectivity index (χ4n) is 2.06. The lowest BCUT2D eigenvalue weighted by Crippen LogP contribution is -2.19. The zero-order valence-corrected chi connectivity index (χ0v) is 12.4. The minimum Gasteiger partial charge on any atom is -0.299 e. The molecule has 96 valence electrons. The summed E-state index contributed by atoms with van der Waals surface area (Å²) in [7, 11) is 0. The summed E-state index contributed by atoms with van der Waals surface area (Å²) < 4.78 is 0. The van der Waals surface area contributed by atoms with E-state index in [1.54, 1.807) is 0 Å². The number of hydrogen-bond donors (Lipinski definition) is 0. The molecule has 0 bridgehead atoms. The van der Waals surface area contributed by atoms with Gasteiger partial charge in [0.05, 0.1) is 0 Å². The average Bonchev–Trinajstić information content (AvgIpc) is 2.71. The molecule has 3 heteroatoms. The Morgan fingerprint density at radius 1 is 1.29 bits per heavy atom. The van der Waals surface area contributed by atoms with Crippen molar-refractivity contribution >= 4 is 23.2 Å². The van der Waals surface area contributed by atoms with Crippen molar-refractivity contribution in [3.63, 3.8) is 0 Å². The number of halogens is 2. The van der Waals surface area contributed by atoms with Crippen molar-refractivity contribution in [2.45, 2.75) is 33.7 Å².